The molecule has 2 fully saturated rings. The standard InChI is InChI=1S/C15H30N2O2/c1-5-15(2,10-16-12-6-7-12)11-17-8-13(18-3)14(9-17)19-4/h12-14,16H,5-11H2,1-4H3. The summed E-state index contributed by atoms with van der Waals surface area (Å²) in [7, 11) is 3.57. The van der Waals surface area contributed by atoms with Crippen molar-refractivity contribution < 1.29 is 9.47 Å². The zero-order chi connectivity index (χ0) is 13.9. The van der Waals surface area contributed by atoms with Gasteiger partial charge >= 0.3 is 0 Å². The normalized spacial score (nSPS) is 31.6. The summed E-state index contributed by atoms with van der Waals surface area (Å²) in [5, 5.41) is 3.68. The lowest BCUT2D eigenvalue weighted by atomic mass is 9.86. The van der Waals surface area contributed by atoms with E-state index in [-0.39, 0.29) is 12.2 Å². The summed E-state index contributed by atoms with van der Waals surface area (Å²) in [5.74, 6) is 0. The third-order valence-corrected chi connectivity index (χ3v) is 4.75. The van der Waals surface area contributed by atoms with Crippen molar-refractivity contribution in [3.63, 3.8) is 0 Å². The van der Waals surface area contributed by atoms with Crippen LogP contribution >= 0.6 is 0 Å². The van der Waals surface area contributed by atoms with Crippen LogP contribution in [0.5, 0.6) is 0 Å². The maximum atomic E-state index is 5.52. The van der Waals surface area contributed by atoms with E-state index in [2.05, 4.69) is 24.1 Å². The van der Waals surface area contributed by atoms with Gasteiger partial charge in [-0.05, 0) is 24.7 Å². The number of rotatable bonds is 8. The SMILES string of the molecule is CCC(C)(CNC1CC1)CN1CC(OC)C(OC)C1. The van der Waals surface area contributed by atoms with Crippen molar-refractivity contribution >= 4 is 0 Å². The molecule has 1 N–H and O–H groups in total. The van der Waals surface area contributed by atoms with Gasteiger partial charge in [-0.2, -0.15) is 0 Å². The minimum atomic E-state index is 0.225. The number of hydrogen-bond acceptors (Lipinski definition) is 4. The number of nitrogens with zero attached hydrogens (tertiary/aromatic N) is 1. The van der Waals surface area contributed by atoms with Crippen LogP contribution in [0, 0.1) is 5.41 Å². The highest BCUT2D eigenvalue weighted by Gasteiger charge is 2.36. The summed E-state index contributed by atoms with van der Waals surface area (Å²) in [5.41, 5.74) is 0.351. The van der Waals surface area contributed by atoms with Gasteiger partial charge in [0.2, 0.25) is 0 Å². The lowest BCUT2D eigenvalue weighted by Gasteiger charge is -2.33. The number of likely N-dealkylation sites (tertiary alicyclic amines) is 1. The second-order valence-electron chi connectivity index (χ2n) is 6.56. The molecular weight excluding hydrogens is 240 g/mol. The summed E-state index contributed by atoms with van der Waals surface area (Å²) in [6.45, 7) is 8.93. The smallest absolute Gasteiger partial charge is 0.0971 e. The molecule has 0 aromatic rings. The first-order chi connectivity index (χ1) is 9.10. The van der Waals surface area contributed by atoms with Gasteiger partial charge in [-0.3, -0.25) is 4.90 Å². The Bertz CT molecular complexity index is 271. The molecule has 3 unspecified atom stereocenters. The lowest BCUT2D eigenvalue weighted by molar-refractivity contribution is -0.00461. The van der Waals surface area contributed by atoms with Gasteiger partial charge in [-0.15, -0.1) is 0 Å². The number of nitrogens with one attached hydrogen (secondary N) is 1. The summed E-state index contributed by atoms with van der Waals surface area (Å²) in [6.07, 6.45) is 4.38. The molecule has 4 heteroatoms. The molecule has 0 bridgehead atoms. The molecule has 1 saturated heterocycles. The molecule has 0 aromatic carbocycles. The van der Waals surface area contributed by atoms with Crippen LogP contribution < -0.4 is 5.32 Å². The third kappa shape index (κ3) is 4.15. The molecule has 1 heterocycles. The Balaban J connectivity index is 1.83. The molecule has 1 aliphatic carbocycles. The molecule has 0 spiro atoms. The molecule has 4 nitrogen and oxygen atoms in total. The van der Waals surface area contributed by atoms with Gasteiger partial charge < -0.3 is 14.8 Å². The molecule has 1 saturated carbocycles. The highest BCUT2D eigenvalue weighted by Crippen LogP contribution is 2.27. The predicted octanol–water partition coefficient (Wildman–Crippen LogP) is 1.50. The first kappa shape index (κ1) is 15.2. The lowest BCUT2D eigenvalue weighted by Crippen LogP contribution is -2.42. The van der Waals surface area contributed by atoms with Gasteiger partial charge in [0, 0.05) is 46.4 Å². The number of ether oxygens (including phenoxy) is 2. The summed E-state index contributed by atoms with van der Waals surface area (Å²) in [6, 6.07) is 0.794. The predicted molar refractivity (Wildman–Crippen MR) is 77.5 cm³/mol. The van der Waals surface area contributed by atoms with Gasteiger partial charge in [0.15, 0.2) is 0 Å². The Morgan fingerprint density at radius 2 is 1.74 bits per heavy atom. The molecule has 3 atom stereocenters. The Morgan fingerprint density at radius 3 is 2.16 bits per heavy atom. The number of hydrogen-bond donors (Lipinski definition) is 1. The molecule has 2 aliphatic rings. The van der Waals surface area contributed by atoms with E-state index in [0.717, 1.165) is 32.2 Å². The largest absolute Gasteiger partial charge is 0.377 e. The van der Waals surface area contributed by atoms with E-state index in [9.17, 15) is 0 Å². The zero-order valence-electron chi connectivity index (χ0n) is 12.9. The minimum absolute atomic E-state index is 0.225. The van der Waals surface area contributed by atoms with Crippen LogP contribution in [0.4, 0.5) is 0 Å². The van der Waals surface area contributed by atoms with Crippen molar-refractivity contribution in [2.45, 2.75) is 51.4 Å². The third-order valence-electron chi connectivity index (χ3n) is 4.75. The van der Waals surface area contributed by atoms with Gasteiger partial charge in [0.1, 0.15) is 0 Å². The summed E-state index contributed by atoms with van der Waals surface area (Å²) < 4.78 is 11.0. The summed E-state index contributed by atoms with van der Waals surface area (Å²) >= 11 is 0. The van der Waals surface area contributed by atoms with Crippen molar-refractivity contribution in [1.82, 2.24) is 10.2 Å². The highest BCUT2D eigenvalue weighted by molar-refractivity contribution is 4.91. The van der Waals surface area contributed by atoms with Gasteiger partial charge in [-0.1, -0.05) is 13.8 Å². The van der Waals surface area contributed by atoms with E-state index in [1.807, 2.05) is 0 Å². The zero-order valence-corrected chi connectivity index (χ0v) is 12.9. The molecule has 0 amide bonds. The molecule has 112 valence electrons. The fraction of sp³-hybridized carbons (Fsp3) is 1.00. The fourth-order valence-corrected chi connectivity index (χ4v) is 2.91. The molecular formula is C15H30N2O2. The molecule has 2 rings (SSSR count). The molecule has 0 radical (unpaired) electrons. The summed E-state index contributed by atoms with van der Waals surface area (Å²) in [4.78, 5) is 2.50. The Morgan fingerprint density at radius 1 is 1.16 bits per heavy atom. The van der Waals surface area contributed by atoms with E-state index in [1.54, 1.807) is 14.2 Å². The van der Waals surface area contributed by atoms with Gasteiger partial charge in [0.25, 0.3) is 0 Å². The van der Waals surface area contributed by atoms with E-state index < -0.39 is 0 Å². The Kier molecular flexibility index (Phi) is 5.23. The van der Waals surface area contributed by atoms with Crippen LogP contribution in [0.25, 0.3) is 0 Å². The van der Waals surface area contributed by atoms with Crippen molar-refractivity contribution in [3.8, 4) is 0 Å². The van der Waals surface area contributed by atoms with Crippen LogP contribution in [-0.2, 0) is 9.47 Å². The van der Waals surface area contributed by atoms with Gasteiger partial charge in [0.05, 0.1) is 12.2 Å². The van der Waals surface area contributed by atoms with E-state index in [1.165, 1.54) is 19.3 Å². The molecule has 1 aliphatic heterocycles. The quantitative estimate of drug-likeness (QED) is 0.725. The Labute approximate surface area is 117 Å². The maximum Gasteiger partial charge on any atom is 0.0971 e. The van der Waals surface area contributed by atoms with Crippen LogP contribution in [-0.4, -0.2) is 63.5 Å². The van der Waals surface area contributed by atoms with E-state index in [4.69, 9.17) is 9.47 Å². The Hall–Kier alpha value is -0.160. The second kappa shape index (κ2) is 6.53. The molecule has 0 aromatic heterocycles. The van der Waals surface area contributed by atoms with Crippen LogP contribution in [0.1, 0.15) is 33.1 Å². The maximum absolute atomic E-state index is 5.52. The average molecular weight is 270 g/mol. The van der Waals surface area contributed by atoms with Crippen molar-refractivity contribution in [2.75, 3.05) is 40.4 Å². The minimum Gasteiger partial charge on any atom is -0.377 e. The van der Waals surface area contributed by atoms with Crippen LogP contribution in [0.15, 0.2) is 0 Å². The van der Waals surface area contributed by atoms with Crippen LogP contribution in [0.2, 0.25) is 0 Å². The first-order valence-corrected chi connectivity index (χ1v) is 7.61. The number of methoxy groups -OCH3 is 2. The van der Waals surface area contributed by atoms with Gasteiger partial charge in [-0.25, -0.2) is 0 Å². The highest BCUT2D eigenvalue weighted by atomic mass is 16.5. The fourth-order valence-electron chi connectivity index (χ4n) is 2.91. The molecule has 19 heavy (non-hydrogen) atoms. The van der Waals surface area contributed by atoms with Crippen molar-refractivity contribution in [1.29, 1.82) is 0 Å². The second-order valence-corrected chi connectivity index (χ2v) is 6.56. The first-order valence-electron chi connectivity index (χ1n) is 7.61. The monoisotopic (exact) mass is 270 g/mol. The van der Waals surface area contributed by atoms with E-state index >= 15 is 0 Å². The topological polar surface area (TPSA) is 33.7 Å². The van der Waals surface area contributed by atoms with E-state index in [0.29, 0.717) is 5.41 Å². The van der Waals surface area contributed by atoms with Crippen molar-refractivity contribution in [3.05, 3.63) is 0 Å². The van der Waals surface area contributed by atoms with Crippen LogP contribution in [0.3, 0.4) is 0 Å². The van der Waals surface area contributed by atoms with Crippen molar-refractivity contribution in [2.24, 2.45) is 5.41 Å². The average Bonchev–Trinajstić information content (AvgIpc) is 3.17.